The van der Waals surface area contributed by atoms with Crippen LogP contribution in [-0.2, 0) is 6.54 Å². The molecule has 5 heteroatoms. The van der Waals surface area contributed by atoms with Crippen molar-refractivity contribution in [3.8, 4) is 5.75 Å². The molecule has 2 aromatic rings. The third kappa shape index (κ3) is 6.69. The van der Waals surface area contributed by atoms with E-state index >= 15 is 0 Å². The minimum absolute atomic E-state index is 0.0582. The molecule has 0 bridgehead atoms. The van der Waals surface area contributed by atoms with Gasteiger partial charge in [-0.2, -0.15) is 0 Å². The molecule has 0 aliphatic rings. The molecule has 4 N–H and O–H groups in total. The highest BCUT2D eigenvalue weighted by Gasteiger charge is 2.05. The quantitative estimate of drug-likeness (QED) is 0.501. The number of aliphatic hydroxyl groups is 2. The van der Waals surface area contributed by atoms with Crippen LogP contribution in [0.2, 0.25) is 0 Å². The highest BCUT2D eigenvalue weighted by molar-refractivity contribution is 5.48. The Kier molecular flexibility index (Phi) is 7.39. The number of anilines is 1. The van der Waals surface area contributed by atoms with Crippen LogP contribution in [0.25, 0.3) is 0 Å². The fourth-order valence-corrected chi connectivity index (χ4v) is 2.09. The van der Waals surface area contributed by atoms with Crippen LogP contribution in [0.4, 0.5) is 5.69 Å². The zero-order chi connectivity index (χ0) is 16.3. The van der Waals surface area contributed by atoms with E-state index in [1.54, 1.807) is 0 Å². The number of hydrogen-bond acceptors (Lipinski definition) is 5. The maximum atomic E-state index is 9.77. The number of ether oxygens (including phenoxy) is 1. The number of hydrogen-bond donors (Lipinski definition) is 4. The lowest BCUT2D eigenvalue weighted by Gasteiger charge is -2.14. The van der Waals surface area contributed by atoms with Crippen molar-refractivity contribution in [2.24, 2.45) is 0 Å². The van der Waals surface area contributed by atoms with Crippen LogP contribution in [0.1, 0.15) is 5.56 Å². The molecule has 0 aromatic heterocycles. The molecule has 0 saturated heterocycles. The number of aliphatic hydroxyl groups excluding tert-OH is 2. The molecule has 0 spiro atoms. The summed E-state index contributed by atoms with van der Waals surface area (Å²) in [6.07, 6.45) is -0.609. The smallest absolute Gasteiger partial charge is 0.121 e. The predicted octanol–water partition coefficient (Wildman–Crippen LogP) is 1.62. The lowest BCUT2D eigenvalue weighted by atomic mass is 10.2. The average molecular weight is 316 g/mol. The summed E-state index contributed by atoms with van der Waals surface area (Å²) in [5, 5.41) is 24.7. The van der Waals surface area contributed by atoms with Gasteiger partial charge in [-0.1, -0.05) is 36.4 Å². The summed E-state index contributed by atoms with van der Waals surface area (Å²) in [4.78, 5) is 0. The predicted molar refractivity (Wildman–Crippen MR) is 91.7 cm³/mol. The van der Waals surface area contributed by atoms with Crippen LogP contribution in [0, 0.1) is 0 Å². The van der Waals surface area contributed by atoms with Gasteiger partial charge in [-0.05, 0) is 17.7 Å². The third-order valence-corrected chi connectivity index (χ3v) is 3.28. The van der Waals surface area contributed by atoms with Crippen molar-refractivity contribution in [1.82, 2.24) is 5.32 Å². The molecule has 0 unspecified atom stereocenters. The van der Waals surface area contributed by atoms with Crippen molar-refractivity contribution in [2.75, 3.05) is 31.6 Å². The van der Waals surface area contributed by atoms with Crippen LogP contribution >= 0.6 is 0 Å². The Morgan fingerprint density at radius 1 is 1.04 bits per heavy atom. The number of rotatable bonds is 10. The Hall–Kier alpha value is -2.08. The average Bonchev–Trinajstić information content (AvgIpc) is 2.60. The molecule has 5 nitrogen and oxygen atoms in total. The zero-order valence-electron chi connectivity index (χ0n) is 13.1. The van der Waals surface area contributed by atoms with Gasteiger partial charge in [-0.3, -0.25) is 0 Å². The van der Waals surface area contributed by atoms with E-state index in [4.69, 9.17) is 9.84 Å². The van der Waals surface area contributed by atoms with Crippen molar-refractivity contribution in [2.45, 2.75) is 12.6 Å². The summed E-state index contributed by atoms with van der Waals surface area (Å²) in [5.74, 6) is 0.712. The molecular weight excluding hydrogens is 292 g/mol. The summed E-state index contributed by atoms with van der Waals surface area (Å²) in [7, 11) is 0. The third-order valence-electron chi connectivity index (χ3n) is 3.28. The minimum Gasteiger partial charge on any atom is -0.491 e. The van der Waals surface area contributed by atoms with Crippen LogP contribution in [0.3, 0.4) is 0 Å². The molecule has 124 valence electrons. The number of nitrogens with one attached hydrogen (secondary N) is 2. The highest BCUT2D eigenvalue weighted by atomic mass is 16.5. The van der Waals surface area contributed by atoms with E-state index < -0.39 is 6.10 Å². The van der Waals surface area contributed by atoms with Gasteiger partial charge in [-0.25, -0.2) is 0 Å². The monoisotopic (exact) mass is 316 g/mol. The molecule has 0 saturated carbocycles. The molecule has 2 aromatic carbocycles. The van der Waals surface area contributed by atoms with Gasteiger partial charge in [0.2, 0.25) is 0 Å². The maximum absolute atomic E-state index is 9.77. The van der Waals surface area contributed by atoms with E-state index in [1.165, 1.54) is 5.56 Å². The molecule has 0 fully saturated rings. The van der Waals surface area contributed by atoms with Gasteiger partial charge in [-0.15, -0.1) is 0 Å². The molecule has 0 radical (unpaired) electrons. The first-order chi connectivity index (χ1) is 11.3. The van der Waals surface area contributed by atoms with Gasteiger partial charge in [0.1, 0.15) is 18.5 Å². The Morgan fingerprint density at radius 3 is 2.65 bits per heavy atom. The summed E-state index contributed by atoms with van der Waals surface area (Å²) in [6.45, 7) is 1.88. The van der Waals surface area contributed by atoms with Crippen molar-refractivity contribution in [3.05, 3.63) is 60.2 Å². The molecular formula is C18H24N2O3. The Bertz CT molecular complexity index is 563. The molecule has 23 heavy (non-hydrogen) atoms. The molecule has 0 heterocycles. The molecule has 0 aliphatic carbocycles. The maximum Gasteiger partial charge on any atom is 0.121 e. The van der Waals surface area contributed by atoms with E-state index in [-0.39, 0.29) is 13.2 Å². The van der Waals surface area contributed by atoms with Crippen LogP contribution in [0.5, 0.6) is 5.75 Å². The molecule has 0 amide bonds. The standard InChI is InChI=1S/C18H24N2O3/c21-10-9-19-13-17(22)14-23-18-8-4-7-16(11-18)20-12-15-5-2-1-3-6-15/h1-8,11,17,19-22H,9-10,12-14H2/t17-/m1/s1. The normalized spacial score (nSPS) is 11.9. The minimum atomic E-state index is -0.609. The van der Waals surface area contributed by atoms with Gasteiger partial charge in [0, 0.05) is 31.4 Å². The molecule has 1 atom stereocenters. The first-order valence-corrected chi connectivity index (χ1v) is 7.78. The molecule has 2 rings (SSSR count). The van der Waals surface area contributed by atoms with E-state index in [0.717, 1.165) is 12.2 Å². The lowest BCUT2D eigenvalue weighted by molar-refractivity contribution is 0.105. The van der Waals surface area contributed by atoms with Crippen LogP contribution in [-0.4, -0.2) is 42.6 Å². The van der Waals surface area contributed by atoms with Gasteiger partial charge >= 0.3 is 0 Å². The zero-order valence-corrected chi connectivity index (χ0v) is 13.1. The Morgan fingerprint density at radius 2 is 1.87 bits per heavy atom. The fourth-order valence-electron chi connectivity index (χ4n) is 2.09. The largest absolute Gasteiger partial charge is 0.491 e. The van der Waals surface area contributed by atoms with Gasteiger partial charge in [0.15, 0.2) is 0 Å². The van der Waals surface area contributed by atoms with E-state index in [2.05, 4.69) is 22.8 Å². The van der Waals surface area contributed by atoms with Crippen molar-refractivity contribution in [1.29, 1.82) is 0 Å². The summed E-state index contributed by atoms with van der Waals surface area (Å²) in [5.41, 5.74) is 2.18. The summed E-state index contributed by atoms with van der Waals surface area (Å²) in [6, 6.07) is 17.9. The van der Waals surface area contributed by atoms with Crippen LogP contribution in [0.15, 0.2) is 54.6 Å². The first kappa shape index (κ1) is 17.3. The van der Waals surface area contributed by atoms with E-state index in [9.17, 15) is 5.11 Å². The summed E-state index contributed by atoms with van der Waals surface area (Å²) < 4.78 is 5.60. The molecule has 0 aliphatic heterocycles. The van der Waals surface area contributed by atoms with E-state index in [1.807, 2.05) is 42.5 Å². The fraction of sp³-hybridized carbons (Fsp3) is 0.333. The first-order valence-electron chi connectivity index (χ1n) is 7.78. The SMILES string of the molecule is OCCNC[C@@H](O)COc1cccc(NCc2ccccc2)c1. The van der Waals surface area contributed by atoms with Crippen molar-refractivity contribution < 1.29 is 14.9 Å². The highest BCUT2D eigenvalue weighted by Crippen LogP contribution is 2.18. The van der Waals surface area contributed by atoms with Crippen LogP contribution < -0.4 is 15.4 Å². The van der Waals surface area contributed by atoms with Gasteiger partial charge < -0.3 is 25.6 Å². The number of benzene rings is 2. The van der Waals surface area contributed by atoms with Crippen molar-refractivity contribution >= 4 is 5.69 Å². The van der Waals surface area contributed by atoms with Gasteiger partial charge in [0.05, 0.1) is 6.61 Å². The second-order valence-corrected chi connectivity index (χ2v) is 5.26. The Labute approximate surface area is 136 Å². The Balaban J connectivity index is 1.78. The van der Waals surface area contributed by atoms with Gasteiger partial charge in [0.25, 0.3) is 0 Å². The van der Waals surface area contributed by atoms with Crippen molar-refractivity contribution in [3.63, 3.8) is 0 Å². The second kappa shape index (κ2) is 9.84. The topological polar surface area (TPSA) is 73.8 Å². The second-order valence-electron chi connectivity index (χ2n) is 5.26. The van der Waals surface area contributed by atoms with E-state index in [0.29, 0.717) is 18.8 Å². The lowest BCUT2D eigenvalue weighted by Crippen LogP contribution is -2.32. The summed E-state index contributed by atoms with van der Waals surface area (Å²) >= 11 is 0.